The number of hydrogen-bond donors (Lipinski definition) is 1. The molecule has 0 amide bonds. The van der Waals surface area contributed by atoms with Crippen LogP contribution < -0.4 is 10.2 Å². The molecule has 0 aliphatic carbocycles. The SMILES string of the molecule is CN(c1cncnn1)C1CC(C)(C)NC(C)(C)C1. The van der Waals surface area contributed by atoms with Crippen LogP contribution in [0.4, 0.5) is 5.82 Å². The average Bonchev–Trinajstić information content (AvgIpc) is 2.25. The zero-order chi connectivity index (χ0) is 13.4. The predicted octanol–water partition coefficient (Wildman–Crippen LogP) is 1.62. The van der Waals surface area contributed by atoms with Crippen molar-refractivity contribution in [3.05, 3.63) is 12.5 Å². The highest BCUT2D eigenvalue weighted by molar-refractivity contribution is 5.35. The van der Waals surface area contributed by atoms with Crippen LogP contribution in [0.1, 0.15) is 40.5 Å². The van der Waals surface area contributed by atoms with Gasteiger partial charge in [0.2, 0.25) is 0 Å². The molecule has 1 N–H and O–H groups in total. The molecule has 1 aromatic heterocycles. The first kappa shape index (κ1) is 13.2. The topological polar surface area (TPSA) is 53.9 Å². The molecular formula is C13H23N5. The summed E-state index contributed by atoms with van der Waals surface area (Å²) in [6.45, 7) is 9.01. The molecule has 0 bridgehead atoms. The fourth-order valence-corrected chi connectivity index (χ4v) is 3.13. The third-order valence-corrected chi connectivity index (χ3v) is 3.55. The molecule has 1 fully saturated rings. The maximum atomic E-state index is 4.14. The number of aromatic nitrogens is 3. The van der Waals surface area contributed by atoms with Crippen LogP contribution >= 0.6 is 0 Å². The second-order valence-corrected chi connectivity index (χ2v) is 6.53. The summed E-state index contributed by atoms with van der Waals surface area (Å²) in [5.74, 6) is 0.844. The second-order valence-electron chi connectivity index (χ2n) is 6.53. The number of nitrogens with zero attached hydrogens (tertiary/aromatic N) is 4. The van der Waals surface area contributed by atoms with E-state index < -0.39 is 0 Å². The fraction of sp³-hybridized carbons (Fsp3) is 0.769. The third kappa shape index (κ3) is 2.96. The molecule has 5 heteroatoms. The minimum atomic E-state index is 0.135. The summed E-state index contributed by atoms with van der Waals surface area (Å²) in [6.07, 6.45) is 5.41. The van der Waals surface area contributed by atoms with E-state index >= 15 is 0 Å². The minimum Gasteiger partial charge on any atom is -0.354 e. The third-order valence-electron chi connectivity index (χ3n) is 3.55. The van der Waals surface area contributed by atoms with E-state index in [2.05, 4.69) is 60.1 Å². The van der Waals surface area contributed by atoms with Gasteiger partial charge in [-0.1, -0.05) is 0 Å². The van der Waals surface area contributed by atoms with Gasteiger partial charge >= 0.3 is 0 Å². The Morgan fingerprint density at radius 3 is 2.33 bits per heavy atom. The lowest BCUT2D eigenvalue weighted by Gasteiger charge is -2.49. The van der Waals surface area contributed by atoms with Gasteiger partial charge in [-0.3, -0.25) is 0 Å². The van der Waals surface area contributed by atoms with Crippen molar-refractivity contribution in [1.82, 2.24) is 20.5 Å². The largest absolute Gasteiger partial charge is 0.354 e. The van der Waals surface area contributed by atoms with Crippen LogP contribution in [0.15, 0.2) is 12.5 Å². The van der Waals surface area contributed by atoms with Gasteiger partial charge in [0.05, 0.1) is 6.20 Å². The normalized spacial score (nSPS) is 22.7. The van der Waals surface area contributed by atoms with Crippen LogP contribution in [0.2, 0.25) is 0 Å². The van der Waals surface area contributed by atoms with Crippen molar-refractivity contribution in [2.45, 2.75) is 57.7 Å². The van der Waals surface area contributed by atoms with Crippen molar-refractivity contribution in [2.75, 3.05) is 11.9 Å². The van der Waals surface area contributed by atoms with Crippen molar-refractivity contribution >= 4 is 5.82 Å². The first-order chi connectivity index (χ1) is 8.29. The molecule has 0 radical (unpaired) electrons. The Kier molecular flexibility index (Phi) is 3.27. The lowest BCUT2D eigenvalue weighted by molar-refractivity contribution is 0.160. The number of nitrogens with one attached hydrogen (secondary N) is 1. The van der Waals surface area contributed by atoms with Gasteiger partial charge in [0.25, 0.3) is 0 Å². The van der Waals surface area contributed by atoms with Gasteiger partial charge in [-0.15, -0.1) is 10.2 Å². The molecule has 5 nitrogen and oxygen atoms in total. The highest BCUT2D eigenvalue weighted by atomic mass is 15.3. The number of anilines is 1. The smallest absolute Gasteiger partial charge is 0.169 e. The van der Waals surface area contributed by atoms with Crippen molar-refractivity contribution in [3.63, 3.8) is 0 Å². The Labute approximate surface area is 109 Å². The number of hydrogen-bond acceptors (Lipinski definition) is 5. The first-order valence-electron chi connectivity index (χ1n) is 6.44. The van der Waals surface area contributed by atoms with Gasteiger partial charge in [0.15, 0.2) is 5.82 Å². The van der Waals surface area contributed by atoms with E-state index in [0.29, 0.717) is 6.04 Å². The van der Waals surface area contributed by atoms with Gasteiger partial charge in [-0.05, 0) is 40.5 Å². The molecule has 0 spiro atoms. The lowest BCUT2D eigenvalue weighted by Crippen LogP contribution is -2.62. The maximum absolute atomic E-state index is 4.14. The van der Waals surface area contributed by atoms with Crippen molar-refractivity contribution in [3.8, 4) is 0 Å². The van der Waals surface area contributed by atoms with Crippen LogP contribution in [0.5, 0.6) is 0 Å². The second kappa shape index (κ2) is 4.46. The van der Waals surface area contributed by atoms with Crippen molar-refractivity contribution < 1.29 is 0 Å². The van der Waals surface area contributed by atoms with E-state index in [1.165, 1.54) is 6.33 Å². The first-order valence-corrected chi connectivity index (χ1v) is 6.44. The molecule has 2 rings (SSSR count). The van der Waals surface area contributed by atoms with E-state index in [4.69, 9.17) is 0 Å². The summed E-state index contributed by atoms with van der Waals surface area (Å²) in [5, 5.41) is 11.7. The van der Waals surface area contributed by atoms with Crippen LogP contribution in [0.25, 0.3) is 0 Å². The molecule has 1 aromatic rings. The van der Waals surface area contributed by atoms with E-state index in [9.17, 15) is 0 Å². The van der Waals surface area contributed by atoms with Crippen LogP contribution in [-0.4, -0.2) is 39.3 Å². The molecule has 1 saturated heterocycles. The van der Waals surface area contributed by atoms with Crippen LogP contribution in [-0.2, 0) is 0 Å². The Hall–Kier alpha value is -1.23. The molecule has 1 aliphatic heterocycles. The van der Waals surface area contributed by atoms with E-state index in [-0.39, 0.29) is 11.1 Å². The molecule has 100 valence electrons. The molecule has 0 atom stereocenters. The molecule has 1 aliphatic rings. The highest BCUT2D eigenvalue weighted by Crippen LogP contribution is 2.32. The Balaban J connectivity index is 2.18. The highest BCUT2D eigenvalue weighted by Gasteiger charge is 2.39. The number of piperidine rings is 1. The molecule has 0 unspecified atom stereocenters. The van der Waals surface area contributed by atoms with Gasteiger partial charge in [0, 0.05) is 24.2 Å². The fourth-order valence-electron chi connectivity index (χ4n) is 3.13. The van der Waals surface area contributed by atoms with E-state index in [0.717, 1.165) is 18.7 Å². The van der Waals surface area contributed by atoms with Gasteiger partial charge < -0.3 is 10.2 Å². The summed E-state index contributed by atoms with van der Waals surface area (Å²) in [5.41, 5.74) is 0.270. The van der Waals surface area contributed by atoms with Crippen LogP contribution in [0, 0.1) is 0 Å². The lowest BCUT2D eigenvalue weighted by atomic mass is 9.79. The Morgan fingerprint density at radius 1 is 1.22 bits per heavy atom. The summed E-state index contributed by atoms with van der Waals surface area (Å²) in [7, 11) is 2.08. The van der Waals surface area contributed by atoms with Gasteiger partial charge in [-0.25, -0.2) is 4.98 Å². The van der Waals surface area contributed by atoms with Gasteiger partial charge in [-0.2, -0.15) is 0 Å². The quantitative estimate of drug-likeness (QED) is 0.863. The van der Waals surface area contributed by atoms with Crippen LogP contribution in [0.3, 0.4) is 0 Å². The zero-order valence-electron chi connectivity index (χ0n) is 11.9. The Bertz CT molecular complexity index is 385. The molecule has 2 heterocycles. The summed E-state index contributed by atoms with van der Waals surface area (Å²) >= 11 is 0. The minimum absolute atomic E-state index is 0.135. The summed E-state index contributed by atoms with van der Waals surface area (Å²) < 4.78 is 0. The molecular weight excluding hydrogens is 226 g/mol. The van der Waals surface area contributed by atoms with Gasteiger partial charge in [0.1, 0.15) is 6.33 Å². The van der Waals surface area contributed by atoms with Crippen molar-refractivity contribution in [1.29, 1.82) is 0 Å². The summed E-state index contributed by atoms with van der Waals surface area (Å²) in [6, 6.07) is 0.453. The standard InChI is InChI=1S/C13H23N5/c1-12(2)6-10(7-13(3,4)17-12)18(5)11-8-14-9-15-16-11/h8-10,17H,6-7H2,1-5H3. The van der Waals surface area contributed by atoms with Crippen molar-refractivity contribution in [2.24, 2.45) is 0 Å². The average molecular weight is 249 g/mol. The monoisotopic (exact) mass is 249 g/mol. The number of rotatable bonds is 2. The molecule has 0 saturated carbocycles. The molecule has 18 heavy (non-hydrogen) atoms. The maximum Gasteiger partial charge on any atom is 0.169 e. The summed E-state index contributed by atoms with van der Waals surface area (Å²) in [4.78, 5) is 6.24. The Morgan fingerprint density at radius 2 is 1.83 bits per heavy atom. The zero-order valence-corrected chi connectivity index (χ0v) is 11.9. The van der Waals surface area contributed by atoms with E-state index in [1.54, 1.807) is 6.20 Å². The van der Waals surface area contributed by atoms with E-state index in [1.807, 2.05) is 0 Å². The molecule has 0 aromatic carbocycles. The predicted molar refractivity (Wildman–Crippen MR) is 72.5 cm³/mol.